The molecule has 3 rings (SSSR count). The molecule has 2 aromatic heterocycles. The molecule has 0 spiro atoms. The summed E-state index contributed by atoms with van der Waals surface area (Å²) in [7, 11) is 0. The van der Waals surface area contributed by atoms with Crippen LogP contribution >= 0.6 is 11.3 Å². The smallest absolute Gasteiger partial charge is 0.223 e. The number of hydrogen-bond acceptors (Lipinski definition) is 6. The summed E-state index contributed by atoms with van der Waals surface area (Å²) in [5.41, 5.74) is 2.32. The molecule has 0 fully saturated rings. The van der Waals surface area contributed by atoms with E-state index in [-0.39, 0.29) is 17.3 Å². The summed E-state index contributed by atoms with van der Waals surface area (Å²) in [6.07, 6.45) is 0. The van der Waals surface area contributed by atoms with E-state index in [0.29, 0.717) is 27.4 Å². The summed E-state index contributed by atoms with van der Waals surface area (Å²) in [5, 5.41) is 16.0. The minimum absolute atomic E-state index is 0.129. The first-order valence-electron chi connectivity index (χ1n) is 8.20. The fourth-order valence-corrected chi connectivity index (χ4v) is 3.31. The van der Waals surface area contributed by atoms with E-state index in [1.807, 2.05) is 33.8 Å². The lowest BCUT2D eigenvalue weighted by molar-refractivity contribution is -0.114. The Morgan fingerprint density at radius 1 is 1.23 bits per heavy atom. The van der Waals surface area contributed by atoms with Gasteiger partial charge in [0.15, 0.2) is 5.13 Å². The number of rotatable bonds is 3. The zero-order valence-corrected chi connectivity index (χ0v) is 16.2. The second kappa shape index (κ2) is 6.57. The van der Waals surface area contributed by atoms with E-state index < -0.39 is 0 Å². The molecule has 3 aromatic rings. The number of aromatic hydroxyl groups is 1. The van der Waals surface area contributed by atoms with Crippen LogP contribution in [0.1, 0.15) is 33.3 Å². The molecule has 2 N–H and O–H groups in total. The average molecular weight is 371 g/mol. The molecule has 26 heavy (non-hydrogen) atoms. The molecule has 0 atom stereocenters. The molecule has 0 unspecified atom stereocenters. The lowest BCUT2D eigenvalue weighted by Crippen LogP contribution is -2.23. The van der Waals surface area contributed by atoms with Gasteiger partial charge in [0.2, 0.25) is 5.91 Å². The van der Waals surface area contributed by atoms with Crippen LogP contribution in [0.4, 0.5) is 5.13 Å². The maximum Gasteiger partial charge on any atom is 0.223 e. The highest BCUT2D eigenvalue weighted by molar-refractivity contribution is 7.14. The van der Waals surface area contributed by atoms with Gasteiger partial charge < -0.3 is 15.2 Å². The van der Waals surface area contributed by atoms with E-state index in [4.69, 9.17) is 4.74 Å². The average Bonchev–Trinajstić information content (AvgIpc) is 2.97. The highest BCUT2D eigenvalue weighted by Crippen LogP contribution is 2.36. The van der Waals surface area contributed by atoms with E-state index in [1.54, 1.807) is 17.5 Å². The van der Waals surface area contributed by atoms with E-state index in [9.17, 15) is 9.90 Å². The largest absolute Gasteiger partial charge is 0.507 e. The Morgan fingerprint density at radius 3 is 2.62 bits per heavy atom. The van der Waals surface area contributed by atoms with Gasteiger partial charge in [-0.25, -0.2) is 9.97 Å². The number of pyridine rings is 1. The summed E-state index contributed by atoms with van der Waals surface area (Å²) < 4.78 is 5.99. The fraction of sp³-hybridized carbons (Fsp3) is 0.316. The standard InChI is InChI=1S/C19H21N3O3S/c1-10-16(25-19(3,4)5)7-6-12-15(24)8-13(21-17(10)12)14-9-26-18(22-14)20-11(2)23/h6-9H,1-5H3,(H,21,24)(H,20,22,23). The maximum atomic E-state index is 11.2. The summed E-state index contributed by atoms with van der Waals surface area (Å²) in [4.78, 5) is 20.2. The van der Waals surface area contributed by atoms with Crippen LogP contribution in [0.3, 0.4) is 0 Å². The van der Waals surface area contributed by atoms with Crippen LogP contribution in [0, 0.1) is 6.92 Å². The van der Waals surface area contributed by atoms with Gasteiger partial charge in [-0.15, -0.1) is 11.3 Å². The molecule has 1 amide bonds. The topological polar surface area (TPSA) is 84.3 Å². The molecule has 0 aliphatic carbocycles. The van der Waals surface area contributed by atoms with Crippen molar-refractivity contribution < 1.29 is 14.6 Å². The van der Waals surface area contributed by atoms with E-state index in [2.05, 4.69) is 15.3 Å². The number of fused-ring (bicyclic) bond motifs is 1. The molecule has 0 bridgehead atoms. The quantitative estimate of drug-likeness (QED) is 0.708. The zero-order valence-electron chi connectivity index (χ0n) is 15.4. The molecule has 0 aliphatic heterocycles. The highest BCUT2D eigenvalue weighted by atomic mass is 32.1. The number of thiazole rings is 1. The Hall–Kier alpha value is -2.67. The van der Waals surface area contributed by atoms with Crippen LogP contribution in [0.5, 0.6) is 11.5 Å². The third-order valence-electron chi connectivity index (χ3n) is 3.63. The van der Waals surface area contributed by atoms with Crippen LogP contribution in [0.15, 0.2) is 23.6 Å². The van der Waals surface area contributed by atoms with Crippen molar-refractivity contribution in [3.05, 3.63) is 29.1 Å². The van der Waals surface area contributed by atoms with Crippen LogP contribution < -0.4 is 10.1 Å². The minimum Gasteiger partial charge on any atom is -0.507 e. The number of aryl methyl sites for hydroxylation is 1. The Bertz CT molecular complexity index is 990. The monoisotopic (exact) mass is 371 g/mol. The van der Waals surface area contributed by atoms with Crippen molar-refractivity contribution in [3.8, 4) is 22.9 Å². The number of amides is 1. The Morgan fingerprint density at radius 2 is 1.96 bits per heavy atom. The number of nitrogens with one attached hydrogen (secondary N) is 1. The fourth-order valence-electron chi connectivity index (χ4n) is 2.56. The number of hydrogen-bond donors (Lipinski definition) is 2. The molecule has 2 heterocycles. The van der Waals surface area contributed by atoms with Crippen molar-refractivity contribution in [3.63, 3.8) is 0 Å². The molecular weight excluding hydrogens is 350 g/mol. The molecule has 1 aromatic carbocycles. The number of carbonyl (C=O) groups excluding carboxylic acids is 1. The first kappa shape index (κ1) is 18.1. The Kier molecular flexibility index (Phi) is 4.58. The SMILES string of the molecule is CC(=O)Nc1nc(-c2cc(O)c3ccc(OC(C)(C)C)c(C)c3n2)cs1. The Balaban J connectivity index is 2.09. The normalized spacial score (nSPS) is 11.6. The number of nitrogens with zero attached hydrogens (tertiary/aromatic N) is 2. The first-order chi connectivity index (χ1) is 12.1. The van der Waals surface area contributed by atoms with Gasteiger partial charge >= 0.3 is 0 Å². The van der Waals surface area contributed by atoms with Crippen LogP contribution in [0.2, 0.25) is 0 Å². The van der Waals surface area contributed by atoms with Gasteiger partial charge in [0.25, 0.3) is 0 Å². The summed E-state index contributed by atoms with van der Waals surface area (Å²) >= 11 is 1.31. The van der Waals surface area contributed by atoms with E-state index >= 15 is 0 Å². The summed E-state index contributed by atoms with van der Waals surface area (Å²) in [6, 6.07) is 5.24. The van der Waals surface area contributed by atoms with Crippen molar-refractivity contribution in [2.75, 3.05) is 5.32 Å². The minimum atomic E-state index is -0.333. The van der Waals surface area contributed by atoms with Gasteiger partial charge in [-0.1, -0.05) is 0 Å². The molecular formula is C19H21N3O3S. The van der Waals surface area contributed by atoms with Crippen molar-refractivity contribution in [1.29, 1.82) is 0 Å². The zero-order chi connectivity index (χ0) is 19.1. The molecule has 7 heteroatoms. The molecule has 0 saturated carbocycles. The second-order valence-electron chi connectivity index (χ2n) is 7.05. The van der Waals surface area contributed by atoms with Gasteiger partial charge in [0.1, 0.15) is 22.8 Å². The number of benzene rings is 1. The lowest BCUT2D eigenvalue weighted by atomic mass is 10.1. The van der Waals surface area contributed by atoms with Crippen molar-refractivity contribution in [2.45, 2.75) is 40.2 Å². The third-order valence-corrected chi connectivity index (χ3v) is 4.39. The third kappa shape index (κ3) is 3.77. The van der Waals surface area contributed by atoms with Gasteiger partial charge in [-0.05, 0) is 39.8 Å². The number of carbonyl (C=O) groups is 1. The van der Waals surface area contributed by atoms with Gasteiger partial charge in [-0.2, -0.15) is 0 Å². The Labute approximate surface area is 155 Å². The summed E-state index contributed by atoms with van der Waals surface area (Å²) in [6.45, 7) is 9.30. The van der Waals surface area contributed by atoms with E-state index in [0.717, 1.165) is 11.3 Å². The van der Waals surface area contributed by atoms with Crippen LogP contribution in [-0.2, 0) is 4.79 Å². The van der Waals surface area contributed by atoms with Gasteiger partial charge in [0, 0.05) is 29.3 Å². The van der Waals surface area contributed by atoms with Gasteiger partial charge in [-0.3, -0.25) is 4.79 Å². The second-order valence-corrected chi connectivity index (χ2v) is 7.90. The van der Waals surface area contributed by atoms with Crippen LogP contribution in [-0.4, -0.2) is 26.6 Å². The maximum absolute atomic E-state index is 11.2. The number of aromatic nitrogens is 2. The number of anilines is 1. The predicted octanol–water partition coefficient (Wildman–Crippen LogP) is 4.51. The molecule has 0 radical (unpaired) electrons. The molecule has 136 valence electrons. The predicted molar refractivity (Wildman–Crippen MR) is 104 cm³/mol. The van der Waals surface area contributed by atoms with Crippen molar-refractivity contribution in [2.24, 2.45) is 0 Å². The molecule has 6 nitrogen and oxygen atoms in total. The van der Waals surface area contributed by atoms with Gasteiger partial charge in [0.05, 0.1) is 11.2 Å². The number of ether oxygens (including phenoxy) is 1. The van der Waals surface area contributed by atoms with Crippen LogP contribution in [0.25, 0.3) is 22.3 Å². The first-order valence-corrected chi connectivity index (χ1v) is 9.08. The lowest BCUT2D eigenvalue weighted by Gasteiger charge is -2.23. The summed E-state index contributed by atoms with van der Waals surface area (Å²) in [5.74, 6) is 0.677. The molecule has 0 aliphatic rings. The highest BCUT2D eigenvalue weighted by Gasteiger charge is 2.17. The van der Waals surface area contributed by atoms with E-state index in [1.165, 1.54) is 18.3 Å². The molecule has 0 saturated heterocycles. The van der Waals surface area contributed by atoms with Crippen molar-refractivity contribution >= 4 is 33.3 Å². The van der Waals surface area contributed by atoms with Crippen molar-refractivity contribution in [1.82, 2.24) is 9.97 Å².